The van der Waals surface area contributed by atoms with Crippen LogP contribution < -0.4 is 0 Å². The summed E-state index contributed by atoms with van der Waals surface area (Å²) in [5.74, 6) is -3.30. The molecule has 0 saturated carbocycles. The van der Waals surface area contributed by atoms with E-state index in [0.29, 0.717) is 10.6 Å². The van der Waals surface area contributed by atoms with Crippen molar-refractivity contribution in [2.75, 3.05) is 0 Å². The van der Waals surface area contributed by atoms with Crippen LogP contribution in [0, 0.1) is 0 Å². The highest BCUT2D eigenvalue weighted by molar-refractivity contribution is 8.11. The Bertz CT molecular complexity index is 247. The van der Waals surface area contributed by atoms with Crippen LogP contribution in [0.4, 0.5) is 0 Å². The average molecular weight is 233 g/mol. The van der Waals surface area contributed by atoms with Crippen molar-refractivity contribution in [1.82, 2.24) is 0 Å². The Hall–Kier alpha value is 0.580. The number of allylic oxidation sites excluding steroid dienone is 3. The first-order valence-electron chi connectivity index (χ1n) is 2.79. The zero-order valence-electron chi connectivity index (χ0n) is 6.20. The van der Waals surface area contributed by atoms with Gasteiger partial charge in [0.15, 0.2) is 0 Å². The normalized spacial score (nSPS) is 14.3. The predicted octanol–water partition coefficient (Wildman–Crippen LogP) is 4.70. The van der Waals surface area contributed by atoms with Crippen molar-refractivity contribution in [1.29, 1.82) is 0 Å². The van der Waals surface area contributed by atoms with E-state index in [9.17, 15) is 4.57 Å². The van der Waals surface area contributed by atoms with Gasteiger partial charge in [0.05, 0.1) is 5.31 Å². The average Bonchev–Trinajstić information content (AvgIpc) is 1.54. The van der Waals surface area contributed by atoms with Crippen molar-refractivity contribution in [3.8, 4) is 0 Å². The van der Waals surface area contributed by atoms with E-state index in [2.05, 4.69) is 6.58 Å². The Balaban J connectivity index is 5.14. The fraction of sp³-hybridized carbons (Fsp3) is 0.333. The van der Waals surface area contributed by atoms with Gasteiger partial charge in [-0.1, -0.05) is 18.2 Å². The molecule has 0 atom stereocenters. The van der Waals surface area contributed by atoms with E-state index in [1.54, 1.807) is 13.8 Å². The van der Waals surface area contributed by atoms with Crippen LogP contribution in [0.25, 0.3) is 0 Å². The van der Waals surface area contributed by atoms with E-state index < -0.39 is 5.85 Å². The summed E-state index contributed by atoms with van der Waals surface area (Å²) in [6.45, 7) is 6.78. The van der Waals surface area contributed by atoms with Crippen molar-refractivity contribution >= 4 is 39.9 Å². The topological polar surface area (TPSA) is 17.1 Å². The Morgan fingerprint density at radius 2 is 1.73 bits per heavy atom. The maximum absolute atomic E-state index is 11.1. The first-order chi connectivity index (χ1) is 4.76. The lowest BCUT2D eigenvalue weighted by Gasteiger charge is -2.07. The van der Waals surface area contributed by atoms with Gasteiger partial charge in [-0.25, -0.2) is 0 Å². The highest BCUT2D eigenvalue weighted by atomic mass is 35.9. The Morgan fingerprint density at radius 3 is 1.73 bits per heavy atom. The van der Waals surface area contributed by atoms with Gasteiger partial charge in [0, 0.05) is 5.03 Å². The molecule has 0 aliphatic carbocycles. The van der Waals surface area contributed by atoms with Gasteiger partial charge in [-0.2, -0.15) is 0 Å². The maximum atomic E-state index is 11.1. The number of rotatable bonds is 2. The minimum Gasteiger partial charge on any atom is -0.284 e. The zero-order valence-corrected chi connectivity index (χ0v) is 9.36. The molecule has 0 aromatic carbocycles. The maximum Gasteiger partial charge on any atom is 0.283 e. The van der Waals surface area contributed by atoms with Gasteiger partial charge in [0.1, 0.15) is 0 Å². The van der Waals surface area contributed by atoms with Gasteiger partial charge in [-0.3, -0.25) is 4.57 Å². The van der Waals surface area contributed by atoms with Crippen LogP contribution in [0.1, 0.15) is 13.8 Å². The summed E-state index contributed by atoms with van der Waals surface area (Å²) in [5, 5.41) is 0.577. The number of hydrogen-bond donors (Lipinski definition) is 0. The predicted molar refractivity (Wildman–Crippen MR) is 52.7 cm³/mol. The molecule has 0 aromatic heterocycles. The highest BCUT2D eigenvalue weighted by Crippen LogP contribution is 2.66. The molecule has 0 radical (unpaired) electrons. The molecule has 0 fully saturated rings. The summed E-state index contributed by atoms with van der Waals surface area (Å²) in [5.41, 5.74) is 0.533. The zero-order chi connectivity index (χ0) is 9.23. The van der Waals surface area contributed by atoms with Gasteiger partial charge in [0.2, 0.25) is 0 Å². The first kappa shape index (κ1) is 11.6. The molecule has 0 aliphatic rings. The van der Waals surface area contributed by atoms with Crippen molar-refractivity contribution in [3.05, 3.63) is 22.5 Å². The van der Waals surface area contributed by atoms with Gasteiger partial charge in [-0.05, 0) is 41.9 Å². The molecular formula is C6H8Cl3OP. The largest absolute Gasteiger partial charge is 0.284 e. The molecule has 0 rings (SSSR count). The van der Waals surface area contributed by atoms with Crippen molar-refractivity contribution in [2.45, 2.75) is 13.8 Å². The molecule has 11 heavy (non-hydrogen) atoms. The Labute approximate surface area is 81.0 Å². The fourth-order valence-corrected chi connectivity index (χ4v) is 3.90. The molecule has 0 spiro atoms. The number of halogens is 3. The van der Waals surface area contributed by atoms with Crippen molar-refractivity contribution in [3.63, 3.8) is 0 Å². The van der Waals surface area contributed by atoms with E-state index in [-0.39, 0.29) is 5.31 Å². The summed E-state index contributed by atoms with van der Waals surface area (Å²) in [7, 11) is 0. The third kappa shape index (κ3) is 3.66. The molecule has 0 saturated heterocycles. The van der Waals surface area contributed by atoms with Crippen LogP contribution in [-0.2, 0) is 4.57 Å². The summed E-state index contributed by atoms with van der Waals surface area (Å²) in [4.78, 5) is 0. The highest BCUT2D eigenvalue weighted by Gasteiger charge is 2.23. The lowest BCUT2D eigenvalue weighted by Crippen LogP contribution is -1.80. The van der Waals surface area contributed by atoms with Crippen LogP contribution in [0.3, 0.4) is 0 Å². The minimum absolute atomic E-state index is 0.252. The SMILES string of the molecule is C=C(C)/C(=C(/C)Cl)P(=O)(Cl)Cl. The molecule has 0 aliphatic heterocycles. The molecular weight excluding hydrogens is 225 g/mol. The molecule has 5 heteroatoms. The first-order valence-corrected chi connectivity index (χ1v) is 6.68. The van der Waals surface area contributed by atoms with E-state index in [0.717, 1.165) is 0 Å². The summed E-state index contributed by atoms with van der Waals surface area (Å²) < 4.78 is 11.1. The monoisotopic (exact) mass is 232 g/mol. The number of hydrogen-bond acceptors (Lipinski definition) is 1. The van der Waals surface area contributed by atoms with Crippen molar-refractivity contribution in [2.24, 2.45) is 0 Å². The minimum atomic E-state index is -3.30. The van der Waals surface area contributed by atoms with Crippen LogP contribution in [0.15, 0.2) is 22.5 Å². The van der Waals surface area contributed by atoms with Gasteiger partial charge < -0.3 is 0 Å². The second-order valence-electron chi connectivity index (χ2n) is 2.12. The lowest BCUT2D eigenvalue weighted by atomic mass is 10.3. The van der Waals surface area contributed by atoms with Crippen LogP contribution in [-0.4, -0.2) is 0 Å². The summed E-state index contributed by atoms with van der Waals surface area (Å²) >= 11 is 16.4. The standard InChI is InChI=1S/C6H8Cl3OP/c1-4(2)6(5(3)7)11(8,9)10/h1H2,2-3H3/b6-5+. The molecule has 0 amide bonds. The van der Waals surface area contributed by atoms with E-state index in [1.807, 2.05) is 0 Å². The van der Waals surface area contributed by atoms with E-state index in [4.69, 9.17) is 34.1 Å². The molecule has 64 valence electrons. The van der Waals surface area contributed by atoms with Crippen LogP contribution >= 0.6 is 39.9 Å². The Kier molecular flexibility index (Phi) is 4.21. The van der Waals surface area contributed by atoms with Crippen LogP contribution in [0.5, 0.6) is 0 Å². The molecule has 0 bridgehead atoms. The third-order valence-corrected chi connectivity index (χ3v) is 3.56. The Morgan fingerprint density at radius 1 is 1.36 bits per heavy atom. The molecule has 0 N–H and O–H groups in total. The quantitative estimate of drug-likeness (QED) is 0.499. The van der Waals surface area contributed by atoms with Gasteiger partial charge >= 0.3 is 0 Å². The molecule has 0 heterocycles. The second-order valence-corrected chi connectivity index (χ2v) is 7.44. The smallest absolute Gasteiger partial charge is 0.283 e. The summed E-state index contributed by atoms with van der Waals surface area (Å²) in [6.07, 6.45) is 0. The van der Waals surface area contributed by atoms with Crippen molar-refractivity contribution < 1.29 is 4.57 Å². The molecule has 0 aromatic rings. The molecule has 1 nitrogen and oxygen atoms in total. The van der Waals surface area contributed by atoms with Crippen LogP contribution in [0.2, 0.25) is 0 Å². The molecule has 0 unspecified atom stereocenters. The van der Waals surface area contributed by atoms with E-state index >= 15 is 0 Å². The second kappa shape index (κ2) is 4.00. The summed E-state index contributed by atoms with van der Waals surface area (Å²) in [6, 6.07) is 0. The lowest BCUT2D eigenvalue weighted by molar-refractivity contribution is 0.596. The third-order valence-electron chi connectivity index (χ3n) is 0.991. The van der Waals surface area contributed by atoms with Gasteiger partial charge in [-0.15, -0.1) is 0 Å². The van der Waals surface area contributed by atoms with E-state index in [1.165, 1.54) is 0 Å². The van der Waals surface area contributed by atoms with Gasteiger partial charge in [0.25, 0.3) is 5.85 Å². The fourth-order valence-electron chi connectivity index (χ4n) is 0.696.